The van der Waals surface area contributed by atoms with Crippen LogP contribution in [0.4, 0.5) is 0 Å². The van der Waals surface area contributed by atoms with Gasteiger partial charge in [-0.15, -0.1) is 0 Å². The van der Waals surface area contributed by atoms with Crippen LogP contribution in [0.1, 0.15) is 37.8 Å². The Morgan fingerprint density at radius 3 is 2.35 bits per heavy atom. The summed E-state index contributed by atoms with van der Waals surface area (Å²) in [4.78, 5) is 41.5. The smallest absolute Gasteiger partial charge is 0.264 e. The van der Waals surface area contributed by atoms with Crippen LogP contribution in [-0.2, 0) is 20.0 Å². The minimum Gasteiger partial charge on any atom is -0.372 e. The third-order valence-electron chi connectivity index (χ3n) is 9.13. The highest BCUT2D eigenvalue weighted by Gasteiger charge is 2.70. The normalized spacial score (nSPS) is 28.4. The summed E-state index contributed by atoms with van der Waals surface area (Å²) in [7, 11) is 0. The van der Waals surface area contributed by atoms with Gasteiger partial charge in [0.1, 0.15) is 12.1 Å². The highest BCUT2D eigenvalue weighted by Crippen LogP contribution is 2.65. The molecule has 2 saturated heterocycles. The number of likely N-dealkylation sites (tertiary alicyclic amines) is 1. The average Bonchev–Trinajstić information content (AvgIpc) is 3.32. The average molecular weight is 499 g/mol. The molecular weight excluding hydrogens is 468 g/mol. The van der Waals surface area contributed by atoms with Crippen LogP contribution >= 0.6 is 0 Å². The minimum atomic E-state index is -1.90. The quantitative estimate of drug-likeness (QED) is 0.581. The SMILES string of the molecule is CC1(C)[C@H]2[C@@H](C(=O)N[C@H](C#N)C[C@@H]3CCNC3=O)N(C(=O)C3(O)c4ccccc4-c4ccccc43)C[C@H]21. The molecule has 190 valence electrons. The molecule has 2 aromatic rings. The van der Waals surface area contributed by atoms with Gasteiger partial charge in [0.25, 0.3) is 5.91 Å². The summed E-state index contributed by atoms with van der Waals surface area (Å²) < 4.78 is 0. The third kappa shape index (κ3) is 3.33. The fraction of sp³-hybridized carbons (Fsp3) is 0.448. The molecule has 3 fully saturated rings. The van der Waals surface area contributed by atoms with Crippen molar-refractivity contribution in [2.45, 2.75) is 44.4 Å². The van der Waals surface area contributed by atoms with Gasteiger partial charge < -0.3 is 20.6 Å². The molecule has 0 unspecified atom stereocenters. The van der Waals surface area contributed by atoms with Crippen LogP contribution in [0.3, 0.4) is 0 Å². The van der Waals surface area contributed by atoms with E-state index in [4.69, 9.17) is 0 Å². The lowest BCUT2D eigenvalue weighted by Crippen LogP contribution is -2.56. The van der Waals surface area contributed by atoms with Gasteiger partial charge in [-0.3, -0.25) is 14.4 Å². The topological polar surface area (TPSA) is 123 Å². The first kappa shape index (κ1) is 23.7. The van der Waals surface area contributed by atoms with Crippen molar-refractivity contribution in [3.05, 3.63) is 59.7 Å². The standard InChI is InChI=1S/C29H30N4O4/c1-28(2)22-15-33(24(23(22)28)26(35)32-17(14-30)13-16-11-12-31-25(16)34)27(36)29(37)20-9-5-3-7-18(20)19-8-4-6-10-21(19)29/h3-10,16-17,22-24,37H,11-13,15H2,1-2H3,(H,31,34)(H,32,35)/t16-,17-,22+,23+,24-/m0/s1. The fourth-order valence-corrected chi connectivity index (χ4v) is 7.00. The minimum absolute atomic E-state index is 0.0685. The van der Waals surface area contributed by atoms with Crippen LogP contribution < -0.4 is 10.6 Å². The number of nitrogens with zero attached hydrogens (tertiary/aromatic N) is 2. The number of aliphatic hydroxyl groups is 1. The summed E-state index contributed by atoms with van der Waals surface area (Å²) >= 11 is 0. The van der Waals surface area contributed by atoms with E-state index >= 15 is 0 Å². The number of carbonyl (C=O) groups excluding carboxylic acids is 3. The second-order valence-corrected chi connectivity index (χ2v) is 11.4. The molecule has 2 aliphatic heterocycles. The van der Waals surface area contributed by atoms with E-state index in [9.17, 15) is 24.8 Å². The van der Waals surface area contributed by atoms with Gasteiger partial charge >= 0.3 is 0 Å². The fourth-order valence-electron chi connectivity index (χ4n) is 7.00. The van der Waals surface area contributed by atoms with Gasteiger partial charge in [-0.2, -0.15) is 5.26 Å². The van der Waals surface area contributed by atoms with Crippen molar-refractivity contribution in [2.24, 2.45) is 23.2 Å². The summed E-state index contributed by atoms with van der Waals surface area (Å²) in [5.41, 5.74) is 0.617. The number of fused-ring (bicyclic) bond motifs is 4. The predicted molar refractivity (Wildman–Crippen MR) is 134 cm³/mol. The van der Waals surface area contributed by atoms with Crippen molar-refractivity contribution >= 4 is 17.7 Å². The Morgan fingerprint density at radius 2 is 1.78 bits per heavy atom. The van der Waals surface area contributed by atoms with E-state index in [-0.39, 0.29) is 35.5 Å². The van der Waals surface area contributed by atoms with Crippen molar-refractivity contribution in [3.8, 4) is 17.2 Å². The second kappa shape index (κ2) is 8.15. The second-order valence-electron chi connectivity index (χ2n) is 11.4. The summed E-state index contributed by atoms with van der Waals surface area (Å²) in [6, 6.07) is 15.2. The maximum Gasteiger partial charge on any atom is 0.264 e. The first-order valence-corrected chi connectivity index (χ1v) is 12.9. The molecule has 2 aliphatic carbocycles. The number of hydrogen-bond donors (Lipinski definition) is 3. The molecule has 0 spiro atoms. The van der Waals surface area contributed by atoms with Crippen molar-refractivity contribution in [2.75, 3.05) is 13.1 Å². The number of amides is 3. The molecule has 3 N–H and O–H groups in total. The van der Waals surface area contributed by atoms with Gasteiger partial charge in [-0.05, 0) is 41.2 Å². The zero-order chi connectivity index (χ0) is 26.1. The number of hydrogen-bond acceptors (Lipinski definition) is 5. The first-order valence-electron chi connectivity index (χ1n) is 12.9. The lowest BCUT2D eigenvalue weighted by Gasteiger charge is -2.36. The van der Waals surface area contributed by atoms with Gasteiger partial charge in [0, 0.05) is 30.1 Å². The first-order chi connectivity index (χ1) is 17.7. The summed E-state index contributed by atoms with van der Waals surface area (Å²) in [5, 5.41) is 27.4. The molecule has 0 bridgehead atoms. The number of nitrogens with one attached hydrogen (secondary N) is 2. The van der Waals surface area contributed by atoms with Gasteiger partial charge in [-0.1, -0.05) is 62.4 Å². The van der Waals surface area contributed by atoms with E-state index in [1.807, 2.05) is 24.3 Å². The van der Waals surface area contributed by atoms with Gasteiger partial charge in [-0.25, -0.2) is 0 Å². The zero-order valence-electron chi connectivity index (χ0n) is 20.9. The number of carbonyl (C=O) groups is 3. The Morgan fingerprint density at radius 1 is 1.16 bits per heavy atom. The van der Waals surface area contributed by atoms with Crippen molar-refractivity contribution in [1.29, 1.82) is 5.26 Å². The molecule has 3 amide bonds. The van der Waals surface area contributed by atoms with Crippen LogP contribution in [0.2, 0.25) is 0 Å². The Balaban J connectivity index is 1.31. The molecule has 0 radical (unpaired) electrons. The molecule has 0 aromatic heterocycles. The van der Waals surface area contributed by atoms with Gasteiger partial charge in [0.2, 0.25) is 11.8 Å². The molecule has 8 nitrogen and oxygen atoms in total. The molecule has 5 atom stereocenters. The summed E-state index contributed by atoms with van der Waals surface area (Å²) in [5.74, 6) is -1.28. The molecule has 37 heavy (non-hydrogen) atoms. The maximum atomic E-state index is 14.2. The Labute approximate surface area is 215 Å². The monoisotopic (exact) mass is 498 g/mol. The number of benzene rings is 2. The van der Waals surface area contributed by atoms with Crippen molar-refractivity contribution in [3.63, 3.8) is 0 Å². The molecule has 6 rings (SSSR count). The van der Waals surface area contributed by atoms with E-state index < -0.39 is 29.5 Å². The predicted octanol–water partition coefficient (Wildman–Crippen LogP) is 1.92. The molecule has 2 aromatic carbocycles. The Bertz CT molecular complexity index is 1320. The van der Waals surface area contributed by atoms with E-state index in [1.54, 1.807) is 24.3 Å². The molecule has 2 heterocycles. The number of nitriles is 1. The van der Waals surface area contributed by atoms with Crippen molar-refractivity contribution < 1.29 is 19.5 Å². The van der Waals surface area contributed by atoms with E-state index in [0.29, 0.717) is 30.6 Å². The number of rotatable bonds is 5. The van der Waals surface area contributed by atoms with Crippen molar-refractivity contribution in [1.82, 2.24) is 15.5 Å². The maximum absolute atomic E-state index is 14.2. The lowest BCUT2D eigenvalue weighted by atomic mass is 9.88. The summed E-state index contributed by atoms with van der Waals surface area (Å²) in [6.07, 6.45) is 0.863. The van der Waals surface area contributed by atoms with Gasteiger partial charge in [0.05, 0.1) is 6.07 Å². The van der Waals surface area contributed by atoms with Crippen LogP contribution in [-0.4, -0.2) is 52.9 Å². The van der Waals surface area contributed by atoms with Crippen LogP contribution in [0, 0.1) is 34.5 Å². The molecule has 4 aliphatic rings. The molecule has 1 saturated carbocycles. The zero-order valence-corrected chi connectivity index (χ0v) is 20.9. The van der Waals surface area contributed by atoms with E-state index in [2.05, 4.69) is 30.6 Å². The lowest BCUT2D eigenvalue weighted by molar-refractivity contribution is -0.153. The van der Waals surface area contributed by atoms with E-state index in [0.717, 1.165) is 11.1 Å². The highest BCUT2D eigenvalue weighted by molar-refractivity contribution is 6.01. The molecular formula is C29H30N4O4. The van der Waals surface area contributed by atoms with Gasteiger partial charge in [0.15, 0.2) is 5.60 Å². The highest BCUT2D eigenvalue weighted by atomic mass is 16.3. The van der Waals surface area contributed by atoms with E-state index in [1.165, 1.54) is 4.90 Å². The Hall–Kier alpha value is -3.70. The van der Waals surface area contributed by atoms with Crippen LogP contribution in [0.5, 0.6) is 0 Å². The largest absolute Gasteiger partial charge is 0.372 e. The summed E-state index contributed by atoms with van der Waals surface area (Å²) in [6.45, 7) is 5.11. The Kier molecular flexibility index (Phi) is 5.22. The van der Waals surface area contributed by atoms with Crippen LogP contribution in [0.15, 0.2) is 48.5 Å². The third-order valence-corrected chi connectivity index (χ3v) is 9.13. The molecule has 8 heteroatoms. The number of piperidine rings is 1. The van der Waals surface area contributed by atoms with Crippen LogP contribution in [0.25, 0.3) is 11.1 Å².